The van der Waals surface area contributed by atoms with Crippen LogP contribution in [-0.2, 0) is 0 Å². The molecule has 7 heteroatoms. The van der Waals surface area contributed by atoms with Gasteiger partial charge in [-0.25, -0.2) is 0 Å². The van der Waals surface area contributed by atoms with Crippen LogP contribution in [0.15, 0.2) is 45.3 Å². The van der Waals surface area contributed by atoms with E-state index < -0.39 is 4.92 Å². The van der Waals surface area contributed by atoms with Crippen molar-refractivity contribution in [3.05, 3.63) is 55.5 Å². The average molecular weight is 388 g/mol. The predicted octanol–water partition coefficient (Wildman–Crippen LogP) is 4.49. The lowest BCUT2D eigenvalue weighted by Gasteiger charge is -2.09. The minimum atomic E-state index is -0.558. The van der Waals surface area contributed by atoms with Crippen LogP contribution in [0.5, 0.6) is 11.5 Å². The molecule has 0 fully saturated rings. The van der Waals surface area contributed by atoms with Crippen LogP contribution in [0.1, 0.15) is 0 Å². The number of ether oxygens (including phenoxy) is 1. The number of benzene rings is 2. The van der Waals surface area contributed by atoms with Crippen LogP contribution in [0.3, 0.4) is 0 Å². The SMILES string of the molecule is Nc1cccc(Oc2ccc(Br)cc2Br)c1[N+](=O)[O-]. The van der Waals surface area contributed by atoms with E-state index in [0.717, 1.165) is 4.47 Å². The number of hydrogen-bond donors (Lipinski definition) is 1. The zero-order valence-electron chi connectivity index (χ0n) is 9.47. The van der Waals surface area contributed by atoms with Crippen molar-refractivity contribution >= 4 is 43.2 Å². The molecule has 2 aromatic carbocycles. The molecule has 0 heterocycles. The molecule has 0 radical (unpaired) electrons. The fourth-order valence-corrected chi connectivity index (χ4v) is 2.62. The molecule has 2 N–H and O–H groups in total. The van der Waals surface area contributed by atoms with E-state index in [1.165, 1.54) is 12.1 Å². The monoisotopic (exact) mass is 386 g/mol. The van der Waals surface area contributed by atoms with Crippen LogP contribution in [-0.4, -0.2) is 4.92 Å². The molecule has 0 saturated heterocycles. The van der Waals surface area contributed by atoms with Crippen LogP contribution in [0, 0.1) is 10.1 Å². The molecular weight excluding hydrogens is 380 g/mol. The first kappa shape index (κ1) is 13.8. The van der Waals surface area contributed by atoms with Crippen molar-refractivity contribution in [1.29, 1.82) is 0 Å². The van der Waals surface area contributed by atoms with Crippen LogP contribution in [0.25, 0.3) is 0 Å². The third-order valence-electron chi connectivity index (χ3n) is 2.33. The van der Waals surface area contributed by atoms with Gasteiger partial charge in [0, 0.05) is 4.47 Å². The van der Waals surface area contributed by atoms with Gasteiger partial charge in [-0.3, -0.25) is 10.1 Å². The van der Waals surface area contributed by atoms with Gasteiger partial charge in [0.25, 0.3) is 0 Å². The third kappa shape index (κ3) is 3.05. The number of nitrogen functional groups attached to an aromatic ring is 1. The van der Waals surface area contributed by atoms with Crippen LogP contribution in [0.4, 0.5) is 11.4 Å². The molecule has 0 spiro atoms. The molecule has 19 heavy (non-hydrogen) atoms. The number of halogens is 2. The minimum Gasteiger partial charge on any atom is -0.449 e. The molecule has 98 valence electrons. The Morgan fingerprint density at radius 2 is 1.89 bits per heavy atom. The van der Waals surface area contributed by atoms with Crippen molar-refractivity contribution in [2.75, 3.05) is 5.73 Å². The van der Waals surface area contributed by atoms with E-state index in [0.29, 0.717) is 10.2 Å². The molecule has 2 rings (SSSR count). The lowest BCUT2D eigenvalue weighted by Crippen LogP contribution is -1.98. The van der Waals surface area contributed by atoms with Crippen molar-refractivity contribution in [2.24, 2.45) is 0 Å². The molecule has 0 amide bonds. The predicted molar refractivity (Wildman–Crippen MR) is 79.4 cm³/mol. The first-order valence-electron chi connectivity index (χ1n) is 5.15. The molecule has 0 aliphatic rings. The Hall–Kier alpha value is -1.60. The lowest BCUT2D eigenvalue weighted by atomic mass is 10.2. The summed E-state index contributed by atoms with van der Waals surface area (Å²) < 4.78 is 7.10. The molecule has 0 aromatic heterocycles. The number of rotatable bonds is 3. The Kier molecular flexibility index (Phi) is 4.06. The normalized spacial score (nSPS) is 10.2. The van der Waals surface area contributed by atoms with Gasteiger partial charge < -0.3 is 10.5 Å². The summed E-state index contributed by atoms with van der Waals surface area (Å²) in [4.78, 5) is 10.4. The van der Waals surface area contributed by atoms with E-state index in [1.54, 1.807) is 24.3 Å². The van der Waals surface area contributed by atoms with E-state index in [2.05, 4.69) is 31.9 Å². The maximum atomic E-state index is 11.0. The van der Waals surface area contributed by atoms with Gasteiger partial charge in [0.05, 0.1) is 9.40 Å². The largest absolute Gasteiger partial charge is 0.449 e. The van der Waals surface area contributed by atoms with Gasteiger partial charge in [0.2, 0.25) is 5.75 Å². The Balaban J connectivity index is 2.44. The molecule has 0 aliphatic heterocycles. The van der Waals surface area contributed by atoms with Crippen molar-refractivity contribution in [3.8, 4) is 11.5 Å². The molecule has 0 unspecified atom stereocenters. The van der Waals surface area contributed by atoms with E-state index in [-0.39, 0.29) is 17.1 Å². The Morgan fingerprint density at radius 1 is 1.16 bits per heavy atom. The summed E-state index contributed by atoms with van der Waals surface area (Å²) in [5, 5.41) is 11.0. The number of nitro benzene ring substituents is 1. The summed E-state index contributed by atoms with van der Waals surface area (Å²) in [6, 6.07) is 9.82. The summed E-state index contributed by atoms with van der Waals surface area (Å²) in [7, 11) is 0. The van der Waals surface area contributed by atoms with Gasteiger partial charge in [-0.05, 0) is 46.3 Å². The Labute approximate surface area is 125 Å². The van der Waals surface area contributed by atoms with E-state index >= 15 is 0 Å². The smallest absolute Gasteiger partial charge is 0.334 e. The third-order valence-corrected chi connectivity index (χ3v) is 3.44. The second-order valence-corrected chi connectivity index (χ2v) is 5.40. The number of anilines is 1. The van der Waals surface area contributed by atoms with Crippen LogP contribution < -0.4 is 10.5 Å². The second kappa shape index (κ2) is 5.58. The van der Waals surface area contributed by atoms with Gasteiger partial charge in [-0.1, -0.05) is 22.0 Å². The summed E-state index contributed by atoms with van der Waals surface area (Å²) >= 11 is 6.65. The Morgan fingerprint density at radius 3 is 2.53 bits per heavy atom. The number of nitrogens with zero attached hydrogens (tertiary/aromatic N) is 1. The van der Waals surface area contributed by atoms with Gasteiger partial charge in [0.15, 0.2) is 0 Å². The van der Waals surface area contributed by atoms with Crippen molar-refractivity contribution in [2.45, 2.75) is 0 Å². The Bertz CT molecular complexity index is 647. The lowest BCUT2D eigenvalue weighted by molar-refractivity contribution is -0.384. The van der Waals surface area contributed by atoms with E-state index in [4.69, 9.17) is 10.5 Å². The summed E-state index contributed by atoms with van der Waals surface area (Å²) in [6.45, 7) is 0. The van der Waals surface area contributed by atoms with Gasteiger partial charge in [0.1, 0.15) is 11.4 Å². The second-order valence-electron chi connectivity index (χ2n) is 3.63. The summed E-state index contributed by atoms with van der Waals surface area (Å²) in [5.41, 5.74) is 5.42. The number of nitrogens with two attached hydrogens (primary N) is 1. The fourth-order valence-electron chi connectivity index (χ4n) is 1.49. The molecule has 5 nitrogen and oxygen atoms in total. The maximum absolute atomic E-state index is 11.0. The summed E-state index contributed by atoms with van der Waals surface area (Å²) in [5.74, 6) is 0.574. The number of hydrogen-bond acceptors (Lipinski definition) is 4. The van der Waals surface area contributed by atoms with E-state index in [9.17, 15) is 10.1 Å². The van der Waals surface area contributed by atoms with Crippen molar-refractivity contribution in [3.63, 3.8) is 0 Å². The zero-order chi connectivity index (χ0) is 14.0. The zero-order valence-corrected chi connectivity index (χ0v) is 12.6. The number of nitro groups is 1. The van der Waals surface area contributed by atoms with Crippen molar-refractivity contribution in [1.82, 2.24) is 0 Å². The quantitative estimate of drug-likeness (QED) is 0.478. The minimum absolute atomic E-state index is 0.0655. The molecule has 0 atom stereocenters. The molecule has 2 aromatic rings. The topological polar surface area (TPSA) is 78.4 Å². The highest BCUT2D eigenvalue weighted by atomic mass is 79.9. The van der Waals surface area contributed by atoms with Gasteiger partial charge in [-0.2, -0.15) is 0 Å². The van der Waals surface area contributed by atoms with Gasteiger partial charge in [-0.15, -0.1) is 0 Å². The first-order valence-corrected chi connectivity index (χ1v) is 6.73. The maximum Gasteiger partial charge on any atom is 0.334 e. The number of para-hydroxylation sites is 1. The highest BCUT2D eigenvalue weighted by Crippen LogP contribution is 2.38. The van der Waals surface area contributed by atoms with Gasteiger partial charge >= 0.3 is 5.69 Å². The average Bonchev–Trinajstić information content (AvgIpc) is 2.32. The molecule has 0 bridgehead atoms. The highest BCUT2D eigenvalue weighted by molar-refractivity contribution is 9.11. The molecule has 0 saturated carbocycles. The molecular formula is C12H8Br2N2O3. The van der Waals surface area contributed by atoms with Crippen molar-refractivity contribution < 1.29 is 9.66 Å². The van der Waals surface area contributed by atoms with Crippen LogP contribution in [0.2, 0.25) is 0 Å². The highest BCUT2D eigenvalue weighted by Gasteiger charge is 2.20. The van der Waals surface area contributed by atoms with E-state index in [1.807, 2.05) is 0 Å². The molecule has 0 aliphatic carbocycles. The summed E-state index contributed by atoms with van der Waals surface area (Å²) in [6.07, 6.45) is 0. The fraction of sp³-hybridized carbons (Fsp3) is 0. The van der Waals surface area contributed by atoms with Crippen LogP contribution >= 0.6 is 31.9 Å². The standard InChI is InChI=1S/C12H8Br2N2O3/c13-7-4-5-10(8(14)6-7)19-11-3-1-2-9(15)12(11)16(17)18/h1-6H,15H2. The first-order chi connectivity index (χ1) is 8.99.